The van der Waals surface area contributed by atoms with Crippen LogP contribution in [0.15, 0.2) is 4.99 Å². The SMILES string of the molecule is COC(=O)C1(NC(=O)OC(C)(C)C)CCN(C(=O)[C@H](C)CCCN=C(C)N)C1. The highest BCUT2D eigenvalue weighted by atomic mass is 16.6. The number of ether oxygens (including phenoxy) is 2. The molecular formula is C19H34N4O5. The van der Waals surface area contributed by atoms with Gasteiger partial charge in [0.15, 0.2) is 5.54 Å². The molecule has 9 heteroatoms. The number of amides is 2. The number of hydrogen-bond donors (Lipinski definition) is 2. The van der Waals surface area contributed by atoms with Crippen LogP contribution in [0.5, 0.6) is 0 Å². The van der Waals surface area contributed by atoms with Crippen LogP contribution in [-0.2, 0) is 19.1 Å². The number of esters is 1. The summed E-state index contributed by atoms with van der Waals surface area (Å²) >= 11 is 0. The lowest BCUT2D eigenvalue weighted by Crippen LogP contribution is -2.58. The van der Waals surface area contributed by atoms with E-state index < -0.39 is 23.2 Å². The summed E-state index contributed by atoms with van der Waals surface area (Å²) < 4.78 is 10.1. The van der Waals surface area contributed by atoms with Gasteiger partial charge >= 0.3 is 12.1 Å². The molecule has 2 atom stereocenters. The molecule has 2 amide bonds. The first-order valence-corrected chi connectivity index (χ1v) is 9.55. The van der Waals surface area contributed by atoms with E-state index in [1.807, 2.05) is 6.92 Å². The Morgan fingerprint density at radius 2 is 1.96 bits per heavy atom. The number of alkyl carbamates (subject to hydrolysis) is 1. The fourth-order valence-electron chi connectivity index (χ4n) is 3.10. The highest BCUT2D eigenvalue weighted by Crippen LogP contribution is 2.26. The zero-order valence-electron chi connectivity index (χ0n) is 17.8. The van der Waals surface area contributed by atoms with E-state index in [0.29, 0.717) is 25.3 Å². The van der Waals surface area contributed by atoms with Gasteiger partial charge in [0.05, 0.1) is 19.5 Å². The van der Waals surface area contributed by atoms with Gasteiger partial charge in [-0.05, 0) is 40.5 Å². The van der Waals surface area contributed by atoms with Crippen molar-refractivity contribution in [2.45, 2.75) is 65.0 Å². The summed E-state index contributed by atoms with van der Waals surface area (Å²) in [6, 6.07) is 0. The molecule has 0 saturated carbocycles. The minimum Gasteiger partial charge on any atom is -0.467 e. The van der Waals surface area contributed by atoms with Crippen LogP contribution in [0.3, 0.4) is 0 Å². The smallest absolute Gasteiger partial charge is 0.408 e. The molecule has 1 heterocycles. The standard InChI is InChI=1S/C19H34N4O5/c1-13(8-7-10-21-14(2)20)15(24)23-11-9-19(12-23,16(25)27-6)22-17(26)28-18(3,4)5/h13H,7-12H2,1-6H3,(H2,20,21)(H,22,26)/t13-,19?/m1/s1. The van der Waals surface area contributed by atoms with Crippen molar-refractivity contribution in [3.05, 3.63) is 0 Å². The molecule has 0 radical (unpaired) electrons. The topological polar surface area (TPSA) is 123 Å². The highest BCUT2D eigenvalue weighted by molar-refractivity contribution is 5.88. The lowest BCUT2D eigenvalue weighted by Gasteiger charge is -2.30. The van der Waals surface area contributed by atoms with E-state index in [4.69, 9.17) is 15.2 Å². The van der Waals surface area contributed by atoms with Gasteiger partial charge in [-0.2, -0.15) is 0 Å². The van der Waals surface area contributed by atoms with Crippen LogP contribution < -0.4 is 11.1 Å². The molecule has 1 fully saturated rings. The van der Waals surface area contributed by atoms with Crippen molar-refractivity contribution < 1.29 is 23.9 Å². The zero-order chi connectivity index (χ0) is 21.5. The maximum atomic E-state index is 12.8. The third kappa shape index (κ3) is 7.01. The van der Waals surface area contributed by atoms with Gasteiger partial charge in [-0.1, -0.05) is 6.92 Å². The molecule has 28 heavy (non-hydrogen) atoms. The van der Waals surface area contributed by atoms with Crippen LogP contribution in [0.25, 0.3) is 0 Å². The van der Waals surface area contributed by atoms with Crippen LogP contribution in [-0.4, -0.2) is 66.6 Å². The molecule has 1 rings (SSSR count). The van der Waals surface area contributed by atoms with Crippen LogP contribution in [0.1, 0.15) is 53.9 Å². The van der Waals surface area contributed by atoms with Crippen LogP contribution >= 0.6 is 0 Å². The molecule has 1 unspecified atom stereocenters. The molecule has 1 aliphatic rings. The Kier molecular flexibility index (Phi) is 8.26. The minimum atomic E-state index is -1.30. The third-order valence-electron chi connectivity index (χ3n) is 4.48. The second kappa shape index (κ2) is 9.75. The summed E-state index contributed by atoms with van der Waals surface area (Å²) in [4.78, 5) is 43.1. The number of nitrogens with zero attached hydrogens (tertiary/aromatic N) is 2. The van der Waals surface area contributed by atoms with Crippen molar-refractivity contribution in [3.8, 4) is 0 Å². The first-order chi connectivity index (χ1) is 12.9. The number of carbonyl (C=O) groups excluding carboxylic acids is 3. The van der Waals surface area contributed by atoms with E-state index in [1.165, 1.54) is 7.11 Å². The van der Waals surface area contributed by atoms with Gasteiger partial charge in [-0.15, -0.1) is 0 Å². The lowest BCUT2D eigenvalue weighted by atomic mass is 9.99. The van der Waals surface area contributed by atoms with E-state index in [0.717, 1.165) is 6.42 Å². The molecule has 0 bridgehead atoms. The maximum absolute atomic E-state index is 12.8. The van der Waals surface area contributed by atoms with E-state index in [-0.39, 0.29) is 24.8 Å². The second-order valence-electron chi connectivity index (χ2n) is 8.28. The predicted molar refractivity (Wildman–Crippen MR) is 106 cm³/mol. The number of nitrogens with one attached hydrogen (secondary N) is 1. The number of rotatable bonds is 7. The van der Waals surface area contributed by atoms with Crippen molar-refractivity contribution in [1.82, 2.24) is 10.2 Å². The first kappa shape index (κ1) is 23.7. The van der Waals surface area contributed by atoms with Crippen LogP contribution in [0, 0.1) is 5.92 Å². The van der Waals surface area contributed by atoms with Gasteiger partial charge in [-0.25, -0.2) is 9.59 Å². The number of hydrogen-bond acceptors (Lipinski definition) is 6. The Labute approximate surface area is 167 Å². The summed E-state index contributed by atoms with van der Waals surface area (Å²) in [5.74, 6) is -0.350. The molecule has 160 valence electrons. The molecule has 3 N–H and O–H groups in total. The average Bonchev–Trinajstić information content (AvgIpc) is 3.00. The van der Waals surface area contributed by atoms with Crippen molar-refractivity contribution in [2.24, 2.45) is 16.6 Å². The van der Waals surface area contributed by atoms with Gasteiger partial charge in [0, 0.05) is 25.4 Å². The molecular weight excluding hydrogens is 364 g/mol. The third-order valence-corrected chi connectivity index (χ3v) is 4.48. The molecule has 1 aliphatic heterocycles. The maximum Gasteiger partial charge on any atom is 0.408 e. The largest absolute Gasteiger partial charge is 0.467 e. The van der Waals surface area contributed by atoms with Crippen molar-refractivity contribution >= 4 is 23.8 Å². The van der Waals surface area contributed by atoms with Gasteiger partial charge < -0.3 is 25.4 Å². The summed E-state index contributed by atoms with van der Waals surface area (Å²) in [5.41, 5.74) is 3.51. The first-order valence-electron chi connectivity index (χ1n) is 9.55. The van der Waals surface area contributed by atoms with E-state index >= 15 is 0 Å². The number of carbonyl (C=O) groups is 3. The number of likely N-dealkylation sites (tertiary alicyclic amines) is 1. The molecule has 0 aromatic carbocycles. The number of methoxy groups -OCH3 is 1. The fourth-order valence-corrected chi connectivity index (χ4v) is 3.10. The molecule has 0 aliphatic carbocycles. The van der Waals surface area contributed by atoms with Crippen LogP contribution in [0.2, 0.25) is 0 Å². The minimum absolute atomic E-state index is 0.0577. The van der Waals surface area contributed by atoms with Gasteiger partial charge in [-0.3, -0.25) is 9.79 Å². The number of nitrogens with two attached hydrogens (primary N) is 1. The summed E-state index contributed by atoms with van der Waals surface area (Å²) in [6.45, 7) is 9.77. The normalized spacial score (nSPS) is 21.2. The fraction of sp³-hybridized carbons (Fsp3) is 0.789. The van der Waals surface area contributed by atoms with Crippen LogP contribution in [0.4, 0.5) is 4.79 Å². The second-order valence-corrected chi connectivity index (χ2v) is 8.28. The van der Waals surface area contributed by atoms with E-state index in [9.17, 15) is 14.4 Å². The quantitative estimate of drug-likeness (QED) is 0.289. The van der Waals surface area contributed by atoms with E-state index in [1.54, 1.807) is 32.6 Å². The Hall–Kier alpha value is -2.32. The summed E-state index contributed by atoms with van der Waals surface area (Å²) in [7, 11) is 1.26. The molecule has 0 aromatic rings. The average molecular weight is 399 g/mol. The summed E-state index contributed by atoms with van der Waals surface area (Å²) in [6.07, 6.45) is 0.966. The Balaban J connectivity index is 2.75. The van der Waals surface area contributed by atoms with Crippen molar-refractivity contribution in [3.63, 3.8) is 0 Å². The van der Waals surface area contributed by atoms with Gasteiger partial charge in [0.2, 0.25) is 5.91 Å². The molecule has 9 nitrogen and oxygen atoms in total. The molecule has 1 saturated heterocycles. The Bertz CT molecular complexity index is 610. The molecule has 0 aromatic heterocycles. The Morgan fingerprint density at radius 3 is 2.50 bits per heavy atom. The number of aliphatic imine (C=N–C) groups is 1. The number of amidine groups is 1. The van der Waals surface area contributed by atoms with Gasteiger partial charge in [0.25, 0.3) is 0 Å². The zero-order valence-corrected chi connectivity index (χ0v) is 17.8. The van der Waals surface area contributed by atoms with Crippen molar-refractivity contribution in [1.29, 1.82) is 0 Å². The van der Waals surface area contributed by atoms with E-state index in [2.05, 4.69) is 10.3 Å². The summed E-state index contributed by atoms with van der Waals surface area (Å²) in [5, 5.41) is 2.63. The lowest BCUT2D eigenvalue weighted by molar-refractivity contribution is -0.148. The highest BCUT2D eigenvalue weighted by Gasteiger charge is 2.49. The monoisotopic (exact) mass is 398 g/mol. The molecule has 0 spiro atoms. The van der Waals surface area contributed by atoms with Gasteiger partial charge in [0.1, 0.15) is 5.60 Å². The Morgan fingerprint density at radius 1 is 1.32 bits per heavy atom. The predicted octanol–water partition coefficient (Wildman–Crippen LogP) is 1.45. The van der Waals surface area contributed by atoms with Crippen molar-refractivity contribution in [2.75, 3.05) is 26.7 Å².